The predicted molar refractivity (Wildman–Crippen MR) is 215 cm³/mol. The van der Waals surface area contributed by atoms with Crippen LogP contribution in [0.5, 0.6) is 0 Å². The molecule has 0 bridgehead atoms. The van der Waals surface area contributed by atoms with Gasteiger partial charge in [-0.15, -0.1) is 0 Å². The molecule has 1 rings (SSSR count). The third kappa shape index (κ3) is 27.1. The molecule has 1 fully saturated rings. The summed E-state index contributed by atoms with van der Waals surface area (Å²) < 4.78 is 22.1. The quantitative estimate of drug-likeness (QED) is 0.0273. The number of carbonyl (C=O) groups excluding carboxylic acids is 2. The maximum Gasteiger partial charge on any atom is 0.306 e. The molecule has 1 heterocycles. The van der Waals surface area contributed by atoms with Gasteiger partial charge in [0.2, 0.25) is 0 Å². The van der Waals surface area contributed by atoms with E-state index in [-0.39, 0.29) is 32.0 Å². The largest absolute Gasteiger partial charge is 0.462 e. The summed E-state index contributed by atoms with van der Waals surface area (Å²) in [6.07, 6.45) is 29.3. The van der Waals surface area contributed by atoms with Gasteiger partial charge in [-0.2, -0.15) is 0 Å². The van der Waals surface area contributed by atoms with Crippen LogP contribution in [0.2, 0.25) is 0 Å². The average Bonchev–Trinajstić information content (AvgIpc) is 3.17. The molecule has 6 atom stereocenters. The smallest absolute Gasteiger partial charge is 0.306 e. The van der Waals surface area contributed by atoms with Gasteiger partial charge < -0.3 is 39.4 Å². The minimum absolute atomic E-state index is 0.214. The summed E-state index contributed by atoms with van der Waals surface area (Å²) in [5.74, 6) is -0.803. The standard InChI is InChI=1S/C44H82O10/c1-3-5-7-9-11-13-15-17-18-19-20-21-23-25-27-29-31-33-40(47)53-37(36-52-44-43(50)42(49)41(48)38(34-45)54-44)35-51-39(46)32-30-28-26-24-22-16-14-12-10-8-6-4-2/h17-18,37-38,41-45,48-50H,3-16,19-36H2,1-2H3/b18-17+/t37-,38-,41+,42?,43?,44-/m1/s1. The van der Waals surface area contributed by atoms with Crippen LogP contribution in [0.3, 0.4) is 0 Å². The number of carbonyl (C=O) groups is 2. The van der Waals surface area contributed by atoms with Gasteiger partial charge in [-0.25, -0.2) is 0 Å². The second-order valence-electron chi connectivity index (χ2n) is 15.5. The van der Waals surface area contributed by atoms with Gasteiger partial charge in [-0.3, -0.25) is 9.59 Å². The SMILES string of the molecule is CCCCCCCC/C=C/CCCCCCCCCC(=O)O[C@H](COC(=O)CCCCCCCCCCCCCC)CO[C@@H]1O[C@H](CO)[C@H](O)C(O)C1O. The van der Waals surface area contributed by atoms with Crippen molar-refractivity contribution in [2.75, 3.05) is 19.8 Å². The van der Waals surface area contributed by atoms with E-state index in [2.05, 4.69) is 26.0 Å². The van der Waals surface area contributed by atoms with Crippen molar-refractivity contribution < 1.29 is 49.0 Å². The highest BCUT2D eigenvalue weighted by molar-refractivity contribution is 5.70. The maximum atomic E-state index is 12.8. The minimum atomic E-state index is -1.59. The Labute approximate surface area is 329 Å². The Hall–Kier alpha value is -1.56. The van der Waals surface area contributed by atoms with Gasteiger partial charge in [0.05, 0.1) is 13.2 Å². The molecule has 1 saturated heterocycles. The monoisotopic (exact) mass is 771 g/mol. The molecule has 1 aliphatic heterocycles. The van der Waals surface area contributed by atoms with E-state index in [9.17, 15) is 30.0 Å². The summed E-state index contributed by atoms with van der Waals surface area (Å²) in [4.78, 5) is 25.3. The first-order chi connectivity index (χ1) is 26.3. The van der Waals surface area contributed by atoms with Crippen LogP contribution in [0.25, 0.3) is 0 Å². The molecule has 0 saturated carbocycles. The highest BCUT2D eigenvalue weighted by Crippen LogP contribution is 2.23. The van der Waals surface area contributed by atoms with Crippen molar-refractivity contribution in [1.29, 1.82) is 0 Å². The summed E-state index contributed by atoms with van der Waals surface area (Å²) in [5, 5.41) is 40.0. The molecule has 0 amide bonds. The molecule has 54 heavy (non-hydrogen) atoms. The molecular formula is C44H82O10. The summed E-state index contributed by atoms with van der Waals surface area (Å²) in [6.45, 7) is 3.42. The first-order valence-electron chi connectivity index (χ1n) is 22.3. The molecule has 4 N–H and O–H groups in total. The van der Waals surface area contributed by atoms with Crippen molar-refractivity contribution in [2.24, 2.45) is 0 Å². The number of rotatable bonds is 37. The second kappa shape index (κ2) is 35.8. The van der Waals surface area contributed by atoms with Gasteiger partial charge in [-0.05, 0) is 38.5 Å². The Kier molecular flexibility index (Phi) is 33.5. The molecule has 318 valence electrons. The molecule has 0 spiro atoms. The number of ether oxygens (including phenoxy) is 4. The van der Waals surface area contributed by atoms with Gasteiger partial charge in [0.25, 0.3) is 0 Å². The Bertz CT molecular complexity index is 897. The molecular weight excluding hydrogens is 688 g/mol. The van der Waals surface area contributed by atoms with E-state index in [0.29, 0.717) is 6.42 Å². The Morgan fingerprint density at radius 2 is 0.981 bits per heavy atom. The van der Waals surface area contributed by atoms with Gasteiger partial charge in [-0.1, -0.05) is 161 Å². The normalized spacial score (nSPS) is 20.7. The van der Waals surface area contributed by atoms with Crippen molar-refractivity contribution in [3.63, 3.8) is 0 Å². The Balaban J connectivity index is 2.32. The molecule has 10 nitrogen and oxygen atoms in total. The first-order valence-corrected chi connectivity index (χ1v) is 22.3. The van der Waals surface area contributed by atoms with Crippen LogP contribution in [-0.4, -0.2) is 89.0 Å². The van der Waals surface area contributed by atoms with Crippen LogP contribution in [-0.2, 0) is 28.5 Å². The Morgan fingerprint density at radius 1 is 0.556 bits per heavy atom. The molecule has 2 unspecified atom stereocenters. The van der Waals surface area contributed by atoms with Crippen molar-refractivity contribution in [3.05, 3.63) is 12.2 Å². The van der Waals surface area contributed by atoms with Crippen molar-refractivity contribution in [1.82, 2.24) is 0 Å². The zero-order chi connectivity index (χ0) is 39.5. The maximum absolute atomic E-state index is 12.8. The van der Waals surface area contributed by atoms with E-state index in [0.717, 1.165) is 44.9 Å². The fourth-order valence-electron chi connectivity index (χ4n) is 6.83. The Morgan fingerprint density at radius 3 is 1.44 bits per heavy atom. The van der Waals surface area contributed by atoms with Gasteiger partial charge in [0.15, 0.2) is 12.4 Å². The van der Waals surface area contributed by atoms with Crippen molar-refractivity contribution in [3.8, 4) is 0 Å². The highest BCUT2D eigenvalue weighted by Gasteiger charge is 2.44. The van der Waals surface area contributed by atoms with Crippen LogP contribution >= 0.6 is 0 Å². The van der Waals surface area contributed by atoms with Gasteiger partial charge in [0.1, 0.15) is 31.0 Å². The summed E-state index contributed by atoms with van der Waals surface area (Å²) in [5.41, 5.74) is 0. The lowest BCUT2D eigenvalue weighted by Gasteiger charge is -2.39. The zero-order valence-corrected chi connectivity index (χ0v) is 34.5. The lowest BCUT2D eigenvalue weighted by molar-refractivity contribution is -0.305. The average molecular weight is 771 g/mol. The number of aliphatic hydroxyl groups is 4. The summed E-state index contributed by atoms with van der Waals surface area (Å²) >= 11 is 0. The predicted octanol–water partition coefficient (Wildman–Crippen LogP) is 9.17. The topological polar surface area (TPSA) is 152 Å². The third-order valence-electron chi connectivity index (χ3n) is 10.4. The molecule has 0 aromatic rings. The van der Waals surface area contributed by atoms with E-state index in [1.165, 1.54) is 122 Å². The summed E-state index contributed by atoms with van der Waals surface area (Å²) in [6, 6.07) is 0. The van der Waals surface area contributed by atoms with Crippen LogP contribution in [0.4, 0.5) is 0 Å². The number of unbranched alkanes of at least 4 members (excludes halogenated alkanes) is 24. The van der Waals surface area contributed by atoms with E-state index >= 15 is 0 Å². The molecule has 0 radical (unpaired) electrons. The highest BCUT2D eigenvalue weighted by atomic mass is 16.7. The van der Waals surface area contributed by atoms with Gasteiger partial charge in [0, 0.05) is 12.8 Å². The van der Waals surface area contributed by atoms with E-state index in [1.807, 2.05) is 0 Å². The number of aliphatic hydroxyl groups excluding tert-OH is 4. The van der Waals surface area contributed by atoms with Crippen LogP contribution in [0.15, 0.2) is 12.2 Å². The molecule has 0 aromatic heterocycles. The zero-order valence-electron chi connectivity index (χ0n) is 34.5. The summed E-state index contributed by atoms with van der Waals surface area (Å²) in [7, 11) is 0. The number of allylic oxidation sites excluding steroid dienone is 2. The van der Waals surface area contributed by atoms with E-state index in [4.69, 9.17) is 18.9 Å². The lowest BCUT2D eigenvalue weighted by Crippen LogP contribution is -2.59. The van der Waals surface area contributed by atoms with Gasteiger partial charge >= 0.3 is 11.9 Å². The number of hydrogen-bond donors (Lipinski definition) is 4. The number of esters is 2. The van der Waals surface area contributed by atoms with E-state index < -0.39 is 49.4 Å². The second-order valence-corrected chi connectivity index (χ2v) is 15.5. The molecule has 0 aromatic carbocycles. The van der Waals surface area contributed by atoms with Crippen molar-refractivity contribution in [2.45, 2.75) is 237 Å². The van der Waals surface area contributed by atoms with Crippen LogP contribution in [0.1, 0.15) is 200 Å². The van der Waals surface area contributed by atoms with Crippen molar-refractivity contribution >= 4 is 11.9 Å². The van der Waals surface area contributed by atoms with Crippen LogP contribution < -0.4 is 0 Å². The molecule has 10 heteroatoms. The molecule has 0 aliphatic carbocycles. The lowest BCUT2D eigenvalue weighted by atomic mass is 9.99. The number of hydrogen-bond acceptors (Lipinski definition) is 10. The fraction of sp³-hybridized carbons (Fsp3) is 0.909. The third-order valence-corrected chi connectivity index (χ3v) is 10.4. The molecule has 1 aliphatic rings. The minimum Gasteiger partial charge on any atom is -0.462 e. The fourth-order valence-corrected chi connectivity index (χ4v) is 6.83. The van der Waals surface area contributed by atoms with E-state index in [1.54, 1.807) is 0 Å². The van der Waals surface area contributed by atoms with Crippen LogP contribution in [0, 0.1) is 0 Å². The first kappa shape index (κ1) is 50.5.